The highest BCUT2D eigenvalue weighted by Gasteiger charge is 2.14. The van der Waals surface area contributed by atoms with E-state index in [1.807, 2.05) is 0 Å². The van der Waals surface area contributed by atoms with Gasteiger partial charge in [0.1, 0.15) is 0 Å². The number of sulfonamides is 1. The SMILES string of the molecule is C=CCNS(=O)(=O)c1ccc(NC(=O)c2ccc(Br)o2)cc1. The zero-order chi connectivity index (χ0) is 16.2. The van der Waals surface area contributed by atoms with E-state index in [0.717, 1.165) is 0 Å². The lowest BCUT2D eigenvalue weighted by Crippen LogP contribution is -2.23. The molecular weight excluding hydrogens is 372 g/mol. The Morgan fingerprint density at radius 3 is 2.45 bits per heavy atom. The third kappa shape index (κ3) is 4.06. The molecule has 0 aliphatic heterocycles. The van der Waals surface area contributed by atoms with Crippen molar-refractivity contribution in [2.24, 2.45) is 0 Å². The minimum absolute atomic E-state index is 0.105. The van der Waals surface area contributed by atoms with E-state index in [0.29, 0.717) is 10.4 Å². The van der Waals surface area contributed by atoms with Gasteiger partial charge in [-0.3, -0.25) is 4.79 Å². The van der Waals surface area contributed by atoms with Gasteiger partial charge in [0.25, 0.3) is 5.91 Å². The molecule has 2 rings (SSSR count). The molecule has 2 N–H and O–H groups in total. The second-order valence-corrected chi connectivity index (χ2v) is 6.77. The van der Waals surface area contributed by atoms with Crippen LogP contribution < -0.4 is 10.0 Å². The van der Waals surface area contributed by atoms with Crippen molar-refractivity contribution in [3.05, 3.63) is 59.5 Å². The minimum atomic E-state index is -3.58. The van der Waals surface area contributed by atoms with E-state index in [4.69, 9.17) is 4.42 Å². The second kappa shape index (κ2) is 6.91. The van der Waals surface area contributed by atoms with Crippen LogP contribution in [0.4, 0.5) is 5.69 Å². The summed E-state index contributed by atoms with van der Waals surface area (Å²) in [7, 11) is -3.58. The maximum absolute atomic E-state index is 11.9. The molecule has 0 atom stereocenters. The number of hydrogen-bond donors (Lipinski definition) is 2. The number of nitrogens with one attached hydrogen (secondary N) is 2. The fourth-order valence-electron chi connectivity index (χ4n) is 1.60. The lowest BCUT2D eigenvalue weighted by Gasteiger charge is -2.07. The number of rotatable bonds is 6. The van der Waals surface area contributed by atoms with Crippen LogP contribution in [0.2, 0.25) is 0 Å². The van der Waals surface area contributed by atoms with E-state index in [9.17, 15) is 13.2 Å². The summed E-state index contributed by atoms with van der Waals surface area (Å²) in [6.07, 6.45) is 1.45. The van der Waals surface area contributed by atoms with Crippen LogP contribution in [0.15, 0.2) is 63.0 Å². The molecule has 2 aromatic rings. The number of amides is 1. The van der Waals surface area contributed by atoms with Gasteiger partial charge in [-0.2, -0.15) is 0 Å². The Kier molecular flexibility index (Phi) is 5.17. The Balaban J connectivity index is 2.09. The molecule has 0 fully saturated rings. The van der Waals surface area contributed by atoms with Gasteiger partial charge < -0.3 is 9.73 Å². The van der Waals surface area contributed by atoms with E-state index in [-0.39, 0.29) is 17.2 Å². The minimum Gasteiger partial charge on any atom is -0.444 e. The standard InChI is InChI=1S/C14H13BrN2O4S/c1-2-9-16-22(19,20)11-5-3-10(4-6-11)17-14(18)12-7-8-13(15)21-12/h2-8,16H,1,9H2,(H,17,18). The first-order valence-electron chi connectivity index (χ1n) is 6.20. The van der Waals surface area contributed by atoms with Gasteiger partial charge in [0.2, 0.25) is 10.0 Å². The molecule has 0 spiro atoms. The van der Waals surface area contributed by atoms with Gasteiger partial charge in [-0.1, -0.05) is 6.08 Å². The predicted octanol–water partition coefficient (Wildman–Crippen LogP) is 2.76. The zero-order valence-corrected chi connectivity index (χ0v) is 13.8. The number of hydrogen-bond acceptors (Lipinski definition) is 4. The van der Waals surface area contributed by atoms with Crippen LogP contribution >= 0.6 is 15.9 Å². The number of carbonyl (C=O) groups is 1. The van der Waals surface area contributed by atoms with Gasteiger partial charge in [0.15, 0.2) is 10.4 Å². The summed E-state index contributed by atoms with van der Waals surface area (Å²) in [5, 5.41) is 2.61. The Bertz CT molecular complexity index is 781. The molecule has 0 aliphatic carbocycles. The zero-order valence-electron chi connectivity index (χ0n) is 11.4. The van der Waals surface area contributed by atoms with Crippen molar-refractivity contribution in [3.8, 4) is 0 Å². The van der Waals surface area contributed by atoms with Crippen LogP contribution in [0.3, 0.4) is 0 Å². The lowest BCUT2D eigenvalue weighted by molar-refractivity contribution is 0.0995. The van der Waals surface area contributed by atoms with Crippen LogP contribution in [-0.2, 0) is 10.0 Å². The quantitative estimate of drug-likeness (QED) is 0.749. The van der Waals surface area contributed by atoms with Gasteiger partial charge in [-0.25, -0.2) is 13.1 Å². The highest BCUT2D eigenvalue weighted by Crippen LogP contribution is 2.17. The van der Waals surface area contributed by atoms with Crippen molar-refractivity contribution < 1.29 is 17.6 Å². The van der Waals surface area contributed by atoms with E-state index >= 15 is 0 Å². The molecule has 1 heterocycles. The molecule has 0 bridgehead atoms. The average Bonchev–Trinajstić information content (AvgIpc) is 2.92. The maximum atomic E-state index is 11.9. The molecular formula is C14H13BrN2O4S. The average molecular weight is 385 g/mol. The van der Waals surface area contributed by atoms with Gasteiger partial charge in [0, 0.05) is 12.2 Å². The second-order valence-electron chi connectivity index (χ2n) is 4.22. The number of furan rings is 1. The maximum Gasteiger partial charge on any atom is 0.291 e. The summed E-state index contributed by atoms with van der Waals surface area (Å²) in [6, 6.07) is 8.93. The fraction of sp³-hybridized carbons (Fsp3) is 0.0714. The van der Waals surface area contributed by atoms with E-state index < -0.39 is 15.9 Å². The van der Waals surface area contributed by atoms with Crippen LogP contribution in [-0.4, -0.2) is 20.9 Å². The van der Waals surface area contributed by atoms with Crippen molar-refractivity contribution in [1.82, 2.24) is 4.72 Å². The Morgan fingerprint density at radius 2 is 1.91 bits per heavy atom. The van der Waals surface area contributed by atoms with Crippen LogP contribution in [0.5, 0.6) is 0 Å². The van der Waals surface area contributed by atoms with E-state index in [1.54, 1.807) is 6.07 Å². The largest absolute Gasteiger partial charge is 0.444 e. The lowest BCUT2D eigenvalue weighted by atomic mass is 10.3. The van der Waals surface area contributed by atoms with Crippen molar-refractivity contribution in [2.45, 2.75) is 4.90 Å². The van der Waals surface area contributed by atoms with Gasteiger partial charge in [-0.15, -0.1) is 6.58 Å². The van der Waals surface area contributed by atoms with E-state index in [2.05, 4.69) is 32.5 Å². The molecule has 1 amide bonds. The van der Waals surface area contributed by atoms with Crippen molar-refractivity contribution >= 4 is 37.5 Å². The summed E-state index contributed by atoms with van der Waals surface area (Å²) in [5.74, 6) is -0.276. The monoisotopic (exact) mass is 384 g/mol. The molecule has 22 heavy (non-hydrogen) atoms. The predicted molar refractivity (Wildman–Crippen MR) is 86.2 cm³/mol. The number of benzene rings is 1. The smallest absolute Gasteiger partial charge is 0.291 e. The summed E-state index contributed by atoms with van der Waals surface area (Å²) in [6.45, 7) is 3.60. The first-order valence-corrected chi connectivity index (χ1v) is 8.47. The third-order valence-electron chi connectivity index (χ3n) is 2.64. The first kappa shape index (κ1) is 16.5. The van der Waals surface area contributed by atoms with Gasteiger partial charge in [0.05, 0.1) is 4.90 Å². The van der Waals surface area contributed by atoms with Crippen molar-refractivity contribution in [2.75, 3.05) is 11.9 Å². The molecule has 0 saturated carbocycles. The molecule has 116 valence electrons. The normalized spacial score (nSPS) is 11.1. The number of halogens is 1. The number of carbonyl (C=O) groups excluding carboxylic acids is 1. The summed E-state index contributed by atoms with van der Waals surface area (Å²) in [5.41, 5.74) is 0.459. The Morgan fingerprint density at radius 1 is 1.23 bits per heavy atom. The third-order valence-corrected chi connectivity index (χ3v) is 4.50. The molecule has 8 heteroatoms. The molecule has 0 aliphatic rings. The molecule has 0 unspecified atom stereocenters. The fourth-order valence-corrected chi connectivity index (χ4v) is 2.90. The van der Waals surface area contributed by atoms with Crippen molar-refractivity contribution in [1.29, 1.82) is 0 Å². The highest BCUT2D eigenvalue weighted by atomic mass is 79.9. The highest BCUT2D eigenvalue weighted by molar-refractivity contribution is 9.10. The van der Waals surface area contributed by atoms with E-state index in [1.165, 1.54) is 36.4 Å². The Labute approximate surface area is 136 Å². The van der Waals surface area contributed by atoms with Gasteiger partial charge in [-0.05, 0) is 52.3 Å². The molecule has 1 aromatic heterocycles. The van der Waals surface area contributed by atoms with Crippen molar-refractivity contribution in [3.63, 3.8) is 0 Å². The van der Waals surface area contributed by atoms with Crippen LogP contribution in [0.1, 0.15) is 10.6 Å². The number of anilines is 1. The Hall–Kier alpha value is -1.90. The van der Waals surface area contributed by atoms with Crippen LogP contribution in [0.25, 0.3) is 0 Å². The summed E-state index contributed by atoms with van der Waals surface area (Å²) in [4.78, 5) is 12.0. The van der Waals surface area contributed by atoms with Gasteiger partial charge >= 0.3 is 0 Å². The molecule has 6 nitrogen and oxygen atoms in total. The molecule has 1 aromatic carbocycles. The molecule has 0 saturated heterocycles. The summed E-state index contributed by atoms with van der Waals surface area (Å²) < 4.78 is 31.7. The summed E-state index contributed by atoms with van der Waals surface area (Å²) >= 11 is 3.11. The topological polar surface area (TPSA) is 88.4 Å². The van der Waals surface area contributed by atoms with Crippen LogP contribution in [0, 0.1) is 0 Å². The molecule has 0 radical (unpaired) electrons. The first-order chi connectivity index (χ1) is 10.4.